The van der Waals surface area contributed by atoms with Crippen LogP contribution in [0.15, 0.2) is 36.4 Å². The molecule has 30 heavy (non-hydrogen) atoms. The Balaban J connectivity index is 1.39. The maximum Gasteiger partial charge on any atom is 0.237 e. The molecule has 1 saturated heterocycles. The van der Waals surface area contributed by atoms with E-state index in [1.54, 1.807) is 14.2 Å². The lowest BCUT2D eigenvalue weighted by Gasteiger charge is -2.35. The van der Waals surface area contributed by atoms with Crippen molar-refractivity contribution in [1.29, 1.82) is 0 Å². The summed E-state index contributed by atoms with van der Waals surface area (Å²) in [6, 6.07) is 11.7. The Kier molecular flexibility index (Phi) is 6.46. The Morgan fingerprint density at radius 3 is 2.50 bits per heavy atom. The number of morpholine rings is 1. The van der Waals surface area contributed by atoms with Crippen LogP contribution in [-0.2, 0) is 22.5 Å². The molecule has 1 amide bonds. The molecule has 4 rings (SSSR count). The number of methoxy groups -OCH3 is 2. The smallest absolute Gasteiger partial charge is 0.237 e. The highest BCUT2D eigenvalue weighted by Crippen LogP contribution is 2.33. The molecule has 0 aliphatic carbocycles. The van der Waals surface area contributed by atoms with Gasteiger partial charge in [0.25, 0.3) is 0 Å². The number of fused-ring (bicyclic) bond motifs is 1. The first-order chi connectivity index (χ1) is 14.6. The summed E-state index contributed by atoms with van der Waals surface area (Å²) in [7, 11) is 3.27. The van der Waals surface area contributed by atoms with Crippen LogP contribution in [-0.4, -0.2) is 62.7 Å². The van der Waals surface area contributed by atoms with Crippen LogP contribution >= 0.6 is 11.6 Å². The fourth-order valence-corrected chi connectivity index (χ4v) is 4.24. The van der Waals surface area contributed by atoms with Crippen LogP contribution in [0.25, 0.3) is 0 Å². The quantitative estimate of drug-likeness (QED) is 0.728. The van der Waals surface area contributed by atoms with Crippen LogP contribution in [0.4, 0.5) is 0 Å². The van der Waals surface area contributed by atoms with Gasteiger partial charge < -0.3 is 19.1 Å². The highest BCUT2D eigenvalue weighted by atomic mass is 35.5. The van der Waals surface area contributed by atoms with E-state index in [-0.39, 0.29) is 12.0 Å². The number of hydrogen-bond acceptors (Lipinski definition) is 5. The van der Waals surface area contributed by atoms with E-state index in [9.17, 15) is 4.79 Å². The number of halogens is 1. The summed E-state index contributed by atoms with van der Waals surface area (Å²) in [5.41, 5.74) is 3.42. The summed E-state index contributed by atoms with van der Waals surface area (Å²) >= 11 is 5.99. The third-order valence-electron chi connectivity index (χ3n) is 5.82. The molecule has 0 bridgehead atoms. The summed E-state index contributed by atoms with van der Waals surface area (Å²) in [5.74, 6) is 1.58. The highest BCUT2D eigenvalue weighted by molar-refractivity contribution is 6.30. The largest absolute Gasteiger partial charge is 0.493 e. The number of ether oxygens (including phenoxy) is 3. The average molecular weight is 431 g/mol. The van der Waals surface area contributed by atoms with E-state index in [4.69, 9.17) is 25.8 Å². The van der Waals surface area contributed by atoms with Crippen molar-refractivity contribution in [3.8, 4) is 11.5 Å². The van der Waals surface area contributed by atoms with Gasteiger partial charge in [-0.05, 0) is 47.4 Å². The van der Waals surface area contributed by atoms with Gasteiger partial charge in [0.15, 0.2) is 11.5 Å². The van der Waals surface area contributed by atoms with Crippen LogP contribution in [0.1, 0.15) is 22.8 Å². The van der Waals surface area contributed by atoms with Gasteiger partial charge in [0.2, 0.25) is 5.91 Å². The molecule has 2 aromatic rings. The van der Waals surface area contributed by atoms with Crippen molar-refractivity contribution in [2.75, 3.05) is 47.0 Å². The SMILES string of the molecule is COc1cc2c(cc1OC)CN(C(=O)CN1CCOC(c3ccc(Cl)cc3)C1)CC2. The molecule has 0 aromatic heterocycles. The van der Waals surface area contributed by atoms with Crippen molar-refractivity contribution in [2.45, 2.75) is 19.1 Å². The van der Waals surface area contributed by atoms with Crippen LogP contribution in [0.3, 0.4) is 0 Å². The average Bonchev–Trinajstić information content (AvgIpc) is 2.78. The van der Waals surface area contributed by atoms with Crippen LogP contribution < -0.4 is 9.47 Å². The van der Waals surface area contributed by atoms with Gasteiger partial charge >= 0.3 is 0 Å². The number of rotatable bonds is 5. The van der Waals surface area contributed by atoms with Gasteiger partial charge in [0, 0.05) is 31.2 Å². The van der Waals surface area contributed by atoms with Gasteiger partial charge in [-0.15, -0.1) is 0 Å². The lowest BCUT2D eigenvalue weighted by atomic mass is 9.98. The molecule has 7 heteroatoms. The Bertz CT molecular complexity index is 903. The molecule has 0 spiro atoms. The van der Waals surface area contributed by atoms with Gasteiger partial charge in [-0.2, -0.15) is 0 Å². The number of hydrogen-bond donors (Lipinski definition) is 0. The number of benzene rings is 2. The number of amides is 1. The van der Waals surface area contributed by atoms with Crippen LogP contribution in [0, 0.1) is 0 Å². The van der Waals surface area contributed by atoms with E-state index in [0.29, 0.717) is 43.6 Å². The normalized spacial score (nSPS) is 19.3. The van der Waals surface area contributed by atoms with Crippen molar-refractivity contribution in [1.82, 2.24) is 9.80 Å². The van der Waals surface area contributed by atoms with Crippen molar-refractivity contribution in [2.24, 2.45) is 0 Å². The number of nitrogens with zero attached hydrogens (tertiary/aromatic N) is 2. The maximum atomic E-state index is 13.0. The Morgan fingerprint density at radius 2 is 1.80 bits per heavy atom. The fourth-order valence-electron chi connectivity index (χ4n) is 4.11. The minimum absolute atomic E-state index is 0.0392. The molecular weight excluding hydrogens is 404 g/mol. The van der Waals surface area contributed by atoms with Gasteiger partial charge in [-0.25, -0.2) is 0 Å². The van der Waals surface area contributed by atoms with E-state index in [2.05, 4.69) is 4.90 Å². The Labute approximate surface area is 182 Å². The van der Waals surface area contributed by atoms with Gasteiger partial charge in [-0.1, -0.05) is 23.7 Å². The lowest BCUT2D eigenvalue weighted by Crippen LogP contribution is -2.46. The number of carbonyl (C=O) groups is 1. The van der Waals surface area contributed by atoms with Gasteiger partial charge in [-0.3, -0.25) is 9.69 Å². The summed E-state index contributed by atoms with van der Waals surface area (Å²) in [6.07, 6.45) is 0.778. The molecular formula is C23H27ClN2O4. The molecule has 2 aliphatic rings. The molecule has 160 valence electrons. The lowest BCUT2D eigenvalue weighted by molar-refractivity contribution is -0.135. The molecule has 6 nitrogen and oxygen atoms in total. The summed E-state index contributed by atoms with van der Waals surface area (Å²) in [5, 5.41) is 0.709. The standard InChI is InChI=1S/C23H27ClN2O4/c1-28-20-11-17-7-8-26(13-18(17)12-21(20)29-2)23(27)15-25-9-10-30-22(14-25)16-3-5-19(24)6-4-16/h3-6,11-12,22H,7-10,13-15H2,1-2H3. The second-order valence-electron chi connectivity index (χ2n) is 7.69. The minimum Gasteiger partial charge on any atom is -0.493 e. The third-order valence-corrected chi connectivity index (χ3v) is 6.07. The molecule has 2 aromatic carbocycles. The summed E-state index contributed by atoms with van der Waals surface area (Å²) < 4.78 is 16.7. The molecule has 1 unspecified atom stereocenters. The molecule has 2 aliphatic heterocycles. The zero-order valence-corrected chi connectivity index (χ0v) is 18.2. The third kappa shape index (κ3) is 4.56. The predicted octanol–water partition coefficient (Wildman–Crippen LogP) is 3.32. The van der Waals surface area contributed by atoms with Gasteiger partial charge in [0.1, 0.15) is 0 Å². The molecule has 0 radical (unpaired) electrons. The maximum absolute atomic E-state index is 13.0. The second kappa shape index (κ2) is 9.25. The first-order valence-electron chi connectivity index (χ1n) is 10.2. The van der Waals surface area contributed by atoms with E-state index >= 15 is 0 Å². The molecule has 1 fully saturated rings. The van der Waals surface area contributed by atoms with Crippen molar-refractivity contribution in [3.63, 3.8) is 0 Å². The summed E-state index contributed by atoms with van der Waals surface area (Å²) in [4.78, 5) is 17.1. The topological polar surface area (TPSA) is 51.2 Å². The van der Waals surface area contributed by atoms with Crippen molar-refractivity contribution < 1.29 is 19.0 Å². The number of carbonyl (C=O) groups excluding carboxylic acids is 1. The zero-order chi connectivity index (χ0) is 21.1. The van der Waals surface area contributed by atoms with Crippen LogP contribution in [0.5, 0.6) is 11.5 Å². The summed E-state index contributed by atoms with van der Waals surface area (Å²) in [6.45, 7) is 3.77. The van der Waals surface area contributed by atoms with E-state index < -0.39 is 0 Å². The zero-order valence-electron chi connectivity index (χ0n) is 17.4. The molecule has 1 atom stereocenters. The van der Waals surface area contributed by atoms with E-state index in [0.717, 1.165) is 29.8 Å². The first kappa shape index (κ1) is 21.0. The Hall–Kier alpha value is -2.28. The van der Waals surface area contributed by atoms with Gasteiger partial charge in [0.05, 0.1) is 33.5 Å². The second-order valence-corrected chi connectivity index (χ2v) is 8.12. The monoisotopic (exact) mass is 430 g/mol. The van der Waals surface area contributed by atoms with E-state index in [1.807, 2.05) is 41.3 Å². The van der Waals surface area contributed by atoms with Crippen molar-refractivity contribution in [3.05, 3.63) is 58.1 Å². The Morgan fingerprint density at radius 1 is 1.10 bits per heavy atom. The molecule has 2 heterocycles. The minimum atomic E-state index is -0.0392. The highest BCUT2D eigenvalue weighted by Gasteiger charge is 2.27. The predicted molar refractivity (Wildman–Crippen MR) is 115 cm³/mol. The first-order valence-corrected chi connectivity index (χ1v) is 10.6. The van der Waals surface area contributed by atoms with Crippen LogP contribution in [0.2, 0.25) is 5.02 Å². The molecule has 0 saturated carbocycles. The fraction of sp³-hybridized carbons (Fsp3) is 0.435. The van der Waals surface area contributed by atoms with Crippen molar-refractivity contribution >= 4 is 17.5 Å². The van der Waals surface area contributed by atoms with E-state index in [1.165, 1.54) is 5.56 Å². The molecule has 0 N–H and O–H groups in total.